The first-order chi connectivity index (χ1) is 8.09. The second-order valence-corrected chi connectivity index (χ2v) is 4.62. The van der Waals surface area contributed by atoms with Gasteiger partial charge in [-0.2, -0.15) is 0 Å². The number of halogens is 2. The van der Waals surface area contributed by atoms with Crippen LogP contribution in [0.5, 0.6) is 0 Å². The highest BCUT2D eigenvalue weighted by Crippen LogP contribution is 2.25. The second kappa shape index (κ2) is 4.98. The Kier molecular flexibility index (Phi) is 3.59. The maximum absolute atomic E-state index is 13.3. The molecule has 17 heavy (non-hydrogen) atoms. The minimum Gasteiger partial charge on any atom is -0.385 e. The van der Waals surface area contributed by atoms with Gasteiger partial charge in [-0.25, -0.2) is 9.37 Å². The van der Waals surface area contributed by atoms with E-state index >= 15 is 0 Å². The summed E-state index contributed by atoms with van der Waals surface area (Å²) in [4.78, 5) is 4.07. The van der Waals surface area contributed by atoms with E-state index in [1.54, 1.807) is 29.1 Å². The molecule has 2 aromatic rings. The minimum absolute atomic E-state index is 0.323. The van der Waals surface area contributed by atoms with Crippen molar-refractivity contribution in [3.63, 3.8) is 0 Å². The van der Waals surface area contributed by atoms with Crippen molar-refractivity contribution in [2.45, 2.75) is 12.5 Å². The Bertz CT molecular complexity index is 527. The molecule has 1 aromatic carbocycles. The van der Waals surface area contributed by atoms with Crippen molar-refractivity contribution in [2.75, 3.05) is 0 Å². The van der Waals surface area contributed by atoms with Crippen LogP contribution in [0.2, 0.25) is 0 Å². The quantitative estimate of drug-likeness (QED) is 0.946. The minimum atomic E-state index is -0.743. The van der Waals surface area contributed by atoms with Gasteiger partial charge >= 0.3 is 0 Å². The van der Waals surface area contributed by atoms with Gasteiger partial charge in [0.2, 0.25) is 0 Å². The van der Waals surface area contributed by atoms with Crippen molar-refractivity contribution >= 4 is 15.9 Å². The van der Waals surface area contributed by atoms with Gasteiger partial charge in [-0.1, -0.05) is 12.1 Å². The zero-order valence-corrected chi connectivity index (χ0v) is 10.9. The van der Waals surface area contributed by atoms with Crippen molar-refractivity contribution < 1.29 is 9.50 Å². The van der Waals surface area contributed by atoms with Crippen molar-refractivity contribution in [3.8, 4) is 0 Å². The van der Waals surface area contributed by atoms with Crippen LogP contribution in [0, 0.1) is 5.82 Å². The standard InChI is InChI=1S/C12H12BrFN2O/c1-16-6-5-15-12(16)10(17)7-8-3-2-4-9(14)11(8)13/h2-6,10,17H,7H2,1H3. The molecule has 1 aromatic heterocycles. The van der Waals surface area contributed by atoms with Gasteiger partial charge in [-0.3, -0.25) is 0 Å². The first-order valence-electron chi connectivity index (χ1n) is 5.17. The van der Waals surface area contributed by atoms with E-state index in [1.165, 1.54) is 6.07 Å². The van der Waals surface area contributed by atoms with Crippen LogP contribution in [0.4, 0.5) is 4.39 Å². The number of hydrogen-bond acceptors (Lipinski definition) is 2. The number of aromatic nitrogens is 2. The van der Waals surface area contributed by atoms with E-state index in [-0.39, 0.29) is 5.82 Å². The molecule has 0 bridgehead atoms. The van der Waals surface area contributed by atoms with Gasteiger partial charge in [-0.15, -0.1) is 0 Å². The van der Waals surface area contributed by atoms with Gasteiger partial charge < -0.3 is 9.67 Å². The summed E-state index contributed by atoms with van der Waals surface area (Å²) in [6, 6.07) is 4.78. The fourth-order valence-corrected chi connectivity index (χ4v) is 2.13. The molecule has 1 N–H and O–H groups in total. The molecule has 0 aliphatic heterocycles. The molecule has 1 heterocycles. The van der Waals surface area contributed by atoms with E-state index in [9.17, 15) is 9.50 Å². The third-order valence-corrected chi connectivity index (χ3v) is 3.49. The molecule has 0 aliphatic carbocycles. The van der Waals surface area contributed by atoms with Crippen LogP contribution in [0.3, 0.4) is 0 Å². The maximum atomic E-state index is 13.3. The number of aryl methyl sites for hydroxylation is 1. The predicted octanol–water partition coefficient (Wildman–Crippen LogP) is 2.60. The lowest BCUT2D eigenvalue weighted by atomic mass is 10.1. The third-order valence-electron chi connectivity index (χ3n) is 2.60. The van der Waals surface area contributed by atoms with Crippen LogP contribution in [0.15, 0.2) is 35.1 Å². The SMILES string of the molecule is Cn1ccnc1C(O)Cc1cccc(F)c1Br. The highest BCUT2D eigenvalue weighted by atomic mass is 79.9. The molecule has 3 nitrogen and oxygen atoms in total. The second-order valence-electron chi connectivity index (χ2n) is 3.83. The summed E-state index contributed by atoms with van der Waals surface area (Å²) in [5, 5.41) is 10.0. The highest BCUT2D eigenvalue weighted by molar-refractivity contribution is 9.10. The van der Waals surface area contributed by atoms with Crippen LogP contribution >= 0.6 is 15.9 Å². The van der Waals surface area contributed by atoms with Crippen LogP contribution in [0.25, 0.3) is 0 Å². The molecular weight excluding hydrogens is 287 g/mol. The normalized spacial score (nSPS) is 12.7. The number of aliphatic hydroxyl groups is 1. The summed E-state index contributed by atoms with van der Waals surface area (Å²) < 4.78 is 15.4. The lowest BCUT2D eigenvalue weighted by molar-refractivity contribution is 0.164. The predicted molar refractivity (Wildman–Crippen MR) is 66.0 cm³/mol. The van der Waals surface area contributed by atoms with E-state index in [0.717, 1.165) is 5.56 Å². The van der Waals surface area contributed by atoms with E-state index < -0.39 is 6.10 Å². The van der Waals surface area contributed by atoms with Crippen molar-refractivity contribution in [3.05, 3.63) is 52.3 Å². The molecule has 1 atom stereocenters. The summed E-state index contributed by atoms with van der Waals surface area (Å²) in [6.07, 6.45) is 2.97. The van der Waals surface area contributed by atoms with E-state index in [4.69, 9.17) is 0 Å². The van der Waals surface area contributed by atoms with E-state index in [2.05, 4.69) is 20.9 Å². The van der Waals surface area contributed by atoms with Crippen LogP contribution in [0.1, 0.15) is 17.5 Å². The number of nitrogens with zero attached hydrogens (tertiary/aromatic N) is 2. The number of imidazole rings is 1. The van der Waals surface area contributed by atoms with Gasteiger partial charge in [0.15, 0.2) is 0 Å². The molecule has 0 fully saturated rings. The molecule has 0 aliphatic rings. The first kappa shape index (κ1) is 12.3. The van der Waals surface area contributed by atoms with Gasteiger partial charge in [0.1, 0.15) is 17.7 Å². The molecule has 90 valence electrons. The van der Waals surface area contributed by atoms with Crippen molar-refractivity contribution in [2.24, 2.45) is 7.05 Å². The Morgan fingerprint density at radius 1 is 1.53 bits per heavy atom. The monoisotopic (exact) mass is 298 g/mol. The lowest BCUT2D eigenvalue weighted by Crippen LogP contribution is -2.09. The highest BCUT2D eigenvalue weighted by Gasteiger charge is 2.15. The third kappa shape index (κ3) is 2.56. The van der Waals surface area contributed by atoms with Crippen LogP contribution in [-0.2, 0) is 13.5 Å². The molecule has 1 unspecified atom stereocenters. The lowest BCUT2D eigenvalue weighted by Gasteiger charge is -2.12. The summed E-state index contributed by atoms with van der Waals surface area (Å²) in [5.41, 5.74) is 0.723. The molecule has 0 saturated heterocycles. The average Bonchev–Trinajstić information content (AvgIpc) is 2.71. The Balaban J connectivity index is 2.22. The van der Waals surface area contributed by atoms with E-state index in [1.807, 2.05) is 7.05 Å². The molecule has 0 radical (unpaired) electrons. The van der Waals surface area contributed by atoms with Gasteiger partial charge in [-0.05, 0) is 27.6 Å². The fraction of sp³-hybridized carbons (Fsp3) is 0.250. The Hall–Kier alpha value is -1.20. The van der Waals surface area contributed by atoms with Gasteiger partial charge in [0.05, 0.1) is 4.47 Å². The maximum Gasteiger partial charge on any atom is 0.137 e. The number of benzene rings is 1. The van der Waals surface area contributed by atoms with Crippen LogP contribution in [-0.4, -0.2) is 14.7 Å². The topological polar surface area (TPSA) is 38.0 Å². The zero-order valence-electron chi connectivity index (χ0n) is 9.27. The van der Waals surface area contributed by atoms with Crippen molar-refractivity contribution in [1.29, 1.82) is 0 Å². The van der Waals surface area contributed by atoms with Crippen molar-refractivity contribution in [1.82, 2.24) is 9.55 Å². The fourth-order valence-electron chi connectivity index (χ4n) is 1.70. The largest absolute Gasteiger partial charge is 0.385 e. The smallest absolute Gasteiger partial charge is 0.137 e. The molecule has 5 heteroatoms. The number of aliphatic hydroxyl groups excluding tert-OH is 1. The summed E-state index contributed by atoms with van der Waals surface area (Å²) in [7, 11) is 1.81. The summed E-state index contributed by atoms with van der Waals surface area (Å²) >= 11 is 3.18. The summed E-state index contributed by atoms with van der Waals surface area (Å²) in [6.45, 7) is 0. The molecule has 2 rings (SSSR count). The van der Waals surface area contributed by atoms with Gasteiger partial charge in [0.25, 0.3) is 0 Å². The number of rotatable bonds is 3. The molecule has 0 spiro atoms. The molecule has 0 amide bonds. The van der Waals surface area contributed by atoms with E-state index in [0.29, 0.717) is 16.7 Å². The Labute approximate surface area is 107 Å². The molecular formula is C12H12BrFN2O. The summed E-state index contributed by atoms with van der Waals surface area (Å²) in [5.74, 6) is 0.246. The van der Waals surface area contributed by atoms with Gasteiger partial charge in [0, 0.05) is 25.9 Å². The zero-order chi connectivity index (χ0) is 12.4. The first-order valence-corrected chi connectivity index (χ1v) is 5.97. The number of hydrogen-bond donors (Lipinski definition) is 1. The Morgan fingerprint density at radius 3 is 2.94 bits per heavy atom. The Morgan fingerprint density at radius 2 is 2.29 bits per heavy atom. The average molecular weight is 299 g/mol. The molecule has 0 saturated carbocycles. The van der Waals surface area contributed by atoms with Crippen LogP contribution < -0.4 is 0 Å².